The number of hydrogen-bond acceptors (Lipinski definition) is 4. The molecule has 5 nitrogen and oxygen atoms in total. The van der Waals surface area contributed by atoms with Crippen LogP contribution >= 0.6 is 15.9 Å². The number of carbonyl (C=O) groups excluding carboxylic acids is 1. The van der Waals surface area contributed by atoms with Gasteiger partial charge in [0.25, 0.3) is 0 Å². The van der Waals surface area contributed by atoms with Gasteiger partial charge in [-0.2, -0.15) is 0 Å². The van der Waals surface area contributed by atoms with E-state index in [4.69, 9.17) is 4.74 Å². The summed E-state index contributed by atoms with van der Waals surface area (Å²) in [6.45, 7) is 1.18. The van der Waals surface area contributed by atoms with Gasteiger partial charge < -0.3 is 9.64 Å². The van der Waals surface area contributed by atoms with Crippen LogP contribution in [0.1, 0.15) is 23.2 Å². The Morgan fingerprint density at radius 3 is 3.05 bits per heavy atom. The van der Waals surface area contributed by atoms with Crippen LogP contribution in [0.2, 0.25) is 0 Å². The van der Waals surface area contributed by atoms with Gasteiger partial charge in [-0.15, -0.1) is 0 Å². The molecule has 0 atom stereocenters. The quantitative estimate of drug-likeness (QED) is 0.839. The lowest BCUT2D eigenvalue weighted by Gasteiger charge is -2.15. The van der Waals surface area contributed by atoms with E-state index in [0.29, 0.717) is 25.9 Å². The van der Waals surface area contributed by atoms with Gasteiger partial charge in [-0.3, -0.25) is 4.79 Å². The van der Waals surface area contributed by atoms with Crippen molar-refractivity contribution >= 4 is 21.8 Å². The lowest BCUT2D eigenvalue weighted by atomic mass is 10.1. The molecule has 0 bridgehead atoms. The number of amides is 1. The van der Waals surface area contributed by atoms with Crippen LogP contribution in [0, 0.1) is 0 Å². The number of fused-ring (bicyclic) bond motifs is 1. The minimum Gasteiger partial charge on any atom is -0.496 e. The highest BCUT2D eigenvalue weighted by Crippen LogP contribution is 2.25. The maximum Gasteiger partial charge on any atom is 0.223 e. The van der Waals surface area contributed by atoms with Gasteiger partial charge in [0.05, 0.1) is 19.3 Å². The van der Waals surface area contributed by atoms with Crippen LogP contribution in [0.5, 0.6) is 5.75 Å². The maximum atomic E-state index is 12.4. The summed E-state index contributed by atoms with van der Waals surface area (Å²) in [5, 5.41) is 0. The van der Waals surface area contributed by atoms with Crippen molar-refractivity contribution < 1.29 is 9.53 Å². The fourth-order valence-corrected chi connectivity index (χ4v) is 3.03. The molecular formula is C16H16BrN3O2. The Labute approximate surface area is 137 Å². The molecule has 0 saturated heterocycles. The van der Waals surface area contributed by atoms with Crippen molar-refractivity contribution in [1.29, 1.82) is 0 Å². The number of ether oxygens (including phenoxy) is 1. The summed E-state index contributed by atoms with van der Waals surface area (Å²) in [6.07, 6.45) is 4.42. The first kappa shape index (κ1) is 15.0. The molecule has 2 heterocycles. The van der Waals surface area contributed by atoms with E-state index in [1.54, 1.807) is 13.3 Å². The molecule has 6 heteroatoms. The van der Waals surface area contributed by atoms with Gasteiger partial charge in [0.1, 0.15) is 12.1 Å². The van der Waals surface area contributed by atoms with E-state index in [-0.39, 0.29) is 5.91 Å². The third-order valence-corrected chi connectivity index (χ3v) is 4.28. The van der Waals surface area contributed by atoms with Crippen molar-refractivity contribution in [3.8, 4) is 5.75 Å². The number of halogens is 1. The number of carbonyl (C=O) groups is 1. The zero-order valence-electron chi connectivity index (χ0n) is 12.3. The summed E-state index contributed by atoms with van der Waals surface area (Å²) in [7, 11) is 1.64. The molecule has 0 N–H and O–H groups in total. The summed E-state index contributed by atoms with van der Waals surface area (Å²) in [5.41, 5.74) is 3.01. The molecule has 0 spiro atoms. The van der Waals surface area contributed by atoms with Gasteiger partial charge in [-0.1, -0.05) is 15.9 Å². The highest BCUT2D eigenvalue weighted by molar-refractivity contribution is 9.10. The van der Waals surface area contributed by atoms with E-state index in [1.165, 1.54) is 6.33 Å². The normalized spacial score (nSPS) is 13.1. The largest absolute Gasteiger partial charge is 0.496 e. The molecule has 1 aromatic carbocycles. The molecule has 0 saturated carbocycles. The van der Waals surface area contributed by atoms with Crippen molar-refractivity contribution in [2.75, 3.05) is 7.11 Å². The third kappa shape index (κ3) is 3.11. The Morgan fingerprint density at radius 2 is 2.27 bits per heavy atom. The highest BCUT2D eigenvalue weighted by Gasteiger charge is 2.24. The lowest BCUT2D eigenvalue weighted by molar-refractivity contribution is -0.131. The van der Waals surface area contributed by atoms with Crippen molar-refractivity contribution in [2.45, 2.75) is 25.9 Å². The predicted octanol–water partition coefficient (Wildman–Crippen LogP) is 2.72. The van der Waals surface area contributed by atoms with Gasteiger partial charge in [-0.05, 0) is 30.2 Å². The Morgan fingerprint density at radius 1 is 1.41 bits per heavy atom. The zero-order valence-corrected chi connectivity index (χ0v) is 13.8. The molecule has 3 rings (SSSR count). The van der Waals surface area contributed by atoms with E-state index < -0.39 is 0 Å². The highest BCUT2D eigenvalue weighted by atomic mass is 79.9. The second kappa shape index (κ2) is 6.44. The van der Waals surface area contributed by atoms with Crippen LogP contribution in [0.3, 0.4) is 0 Å². The molecule has 1 aliphatic heterocycles. The van der Waals surface area contributed by atoms with E-state index >= 15 is 0 Å². The molecule has 1 aliphatic rings. The summed E-state index contributed by atoms with van der Waals surface area (Å²) in [4.78, 5) is 22.4. The maximum absolute atomic E-state index is 12.4. The number of aromatic nitrogens is 2. The molecule has 0 fully saturated rings. The number of nitrogens with zero attached hydrogens (tertiary/aromatic N) is 3. The SMILES string of the molecule is COc1ccc(Br)cc1CCC(=O)N1Cc2cncnc2C1. The standard InChI is InChI=1S/C16H16BrN3O2/c1-22-15-4-3-13(17)6-11(15)2-5-16(21)20-8-12-7-18-10-19-14(12)9-20/h3-4,6-7,10H,2,5,8-9H2,1H3. The lowest BCUT2D eigenvalue weighted by Crippen LogP contribution is -2.25. The van der Waals surface area contributed by atoms with Crippen molar-refractivity contribution in [2.24, 2.45) is 0 Å². The van der Waals surface area contributed by atoms with Crippen LogP contribution in [0.4, 0.5) is 0 Å². The number of methoxy groups -OCH3 is 1. The van der Waals surface area contributed by atoms with Crippen LogP contribution < -0.4 is 4.74 Å². The number of aryl methyl sites for hydroxylation is 1. The summed E-state index contributed by atoms with van der Waals surface area (Å²) in [5.74, 6) is 0.937. The molecule has 0 radical (unpaired) electrons. The van der Waals surface area contributed by atoms with Crippen LogP contribution in [-0.2, 0) is 24.3 Å². The number of benzene rings is 1. The summed E-state index contributed by atoms with van der Waals surface area (Å²) < 4.78 is 6.33. The average Bonchev–Trinajstić information content (AvgIpc) is 2.97. The first-order valence-corrected chi connectivity index (χ1v) is 7.84. The van der Waals surface area contributed by atoms with Crippen LogP contribution in [-0.4, -0.2) is 27.9 Å². The van der Waals surface area contributed by atoms with Crippen molar-refractivity contribution in [1.82, 2.24) is 14.9 Å². The predicted molar refractivity (Wildman–Crippen MR) is 85.3 cm³/mol. The van der Waals surface area contributed by atoms with E-state index in [9.17, 15) is 4.79 Å². The van der Waals surface area contributed by atoms with Gasteiger partial charge >= 0.3 is 0 Å². The Bertz CT molecular complexity index is 681. The molecule has 0 aliphatic carbocycles. The minimum absolute atomic E-state index is 0.125. The Kier molecular flexibility index (Phi) is 4.38. The molecule has 0 unspecified atom stereocenters. The molecule has 1 amide bonds. The van der Waals surface area contributed by atoms with Crippen LogP contribution in [0.25, 0.3) is 0 Å². The van der Waals surface area contributed by atoms with Crippen LogP contribution in [0.15, 0.2) is 35.2 Å². The van der Waals surface area contributed by atoms with Crippen molar-refractivity contribution in [3.05, 3.63) is 52.0 Å². The Balaban J connectivity index is 1.63. The van der Waals surface area contributed by atoms with Gasteiger partial charge in [0, 0.05) is 29.2 Å². The molecule has 114 valence electrons. The fourth-order valence-electron chi connectivity index (χ4n) is 2.62. The minimum atomic E-state index is 0.125. The molecule has 2 aromatic rings. The monoisotopic (exact) mass is 361 g/mol. The van der Waals surface area contributed by atoms with Gasteiger partial charge in [0.15, 0.2) is 0 Å². The molecule has 22 heavy (non-hydrogen) atoms. The average molecular weight is 362 g/mol. The summed E-state index contributed by atoms with van der Waals surface area (Å²) in [6, 6.07) is 5.83. The Hall–Kier alpha value is -1.95. The number of rotatable bonds is 4. The van der Waals surface area contributed by atoms with E-state index in [0.717, 1.165) is 27.0 Å². The first-order chi connectivity index (χ1) is 10.7. The van der Waals surface area contributed by atoms with Gasteiger partial charge in [-0.25, -0.2) is 9.97 Å². The third-order valence-electron chi connectivity index (χ3n) is 3.79. The van der Waals surface area contributed by atoms with Gasteiger partial charge in [0.2, 0.25) is 5.91 Å². The molecular weight excluding hydrogens is 346 g/mol. The topological polar surface area (TPSA) is 55.3 Å². The number of hydrogen-bond donors (Lipinski definition) is 0. The zero-order chi connectivity index (χ0) is 15.5. The summed E-state index contributed by atoms with van der Waals surface area (Å²) >= 11 is 3.45. The second-order valence-corrected chi connectivity index (χ2v) is 6.12. The fraction of sp³-hybridized carbons (Fsp3) is 0.312. The van der Waals surface area contributed by atoms with E-state index in [1.807, 2.05) is 23.1 Å². The molecule has 1 aromatic heterocycles. The van der Waals surface area contributed by atoms with E-state index in [2.05, 4.69) is 25.9 Å². The first-order valence-electron chi connectivity index (χ1n) is 7.05. The van der Waals surface area contributed by atoms with Crippen molar-refractivity contribution in [3.63, 3.8) is 0 Å². The second-order valence-electron chi connectivity index (χ2n) is 5.20. The smallest absolute Gasteiger partial charge is 0.223 e.